The summed E-state index contributed by atoms with van der Waals surface area (Å²) in [5, 5.41) is 21.3. The number of carboxylic acid groups (broad SMARTS) is 2. The molecular formula is C13H17NO6. The van der Waals surface area contributed by atoms with E-state index in [2.05, 4.69) is 5.32 Å². The highest BCUT2D eigenvalue weighted by molar-refractivity contribution is 5.79. The van der Waals surface area contributed by atoms with Crippen molar-refractivity contribution in [3.8, 4) is 0 Å². The predicted molar refractivity (Wildman–Crippen MR) is 66.3 cm³/mol. The van der Waals surface area contributed by atoms with Crippen LogP contribution in [0.25, 0.3) is 0 Å². The van der Waals surface area contributed by atoms with Gasteiger partial charge in [0.15, 0.2) is 0 Å². The van der Waals surface area contributed by atoms with Crippen LogP contribution >= 0.6 is 0 Å². The summed E-state index contributed by atoms with van der Waals surface area (Å²) in [6, 6.07) is -1.02. The molecule has 3 rings (SSSR count). The number of hydrogen-bond acceptors (Lipinski definition) is 5. The highest BCUT2D eigenvalue weighted by Gasteiger charge is 2.65. The second kappa shape index (κ2) is 4.83. The molecule has 0 aromatic heterocycles. The van der Waals surface area contributed by atoms with Gasteiger partial charge in [-0.05, 0) is 6.42 Å². The molecule has 0 aromatic carbocycles. The molecule has 110 valence electrons. The first-order chi connectivity index (χ1) is 9.54. The first kappa shape index (κ1) is 13.5. The third-order valence-electron chi connectivity index (χ3n) is 4.33. The average Bonchev–Trinajstić information content (AvgIpc) is 2.72. The molecule has 0 unspecified atom stereocenters. The maximum Gasteiger partial charge on any atom is 0.323 e. The van der Waals surface area contributed by atoms with Crippen LogP contribution in [0.2, 0.25) is 0 Å². The average molecular weight is 283 g/mol. The summed E-state index contributed by atoms with van der Waals surface area (Å²) in [4.78, 5) is 22.6. The third-order valence-corrected chi connectivity index (χ3v) is 4.33. The molecule has 0 amide bonds. The Morgan fingerprint density at radius 1 is 1.40 bits per heavy atom. The van der Waals surface area contributed by atoms with Crippen molar-refractivity contribution in [2.45, 2.75) is 36.7 Å². The highest BCUT2D eigenvalue weighted by Crippen LogP contribution is 2.47. The van der Waals surface area contributed by atoms with Gasteiger partial charge < -0.3 is 25.0 Å². The fourth-order valence-corrected chi connectivity index (χ4v) is 3.57. The molecule has 3 N–H and O–H groups in total. The summed E-state index contributed by atoms with van der Waals surface area (Å²) >= 11 is 0. The topological polar surface area (TPSA) is 105 Å². The molecule has 0 aromatic rings. The van der Waals surface area contributed by atoms with Gasteiger partial charge in [-0.1, -0.05) is 12.2 Å². The van der Waals surface area contributed by atoms with Crippen molar-refractivity contribution in [3.05, 3.63) is 12.2 Å². The quantitative estimate of drug-likeness (QED) is 0.606. The van der Waals surface area contributed by atoms with E-state index in [1.54, 1.807) is 0 Å². The van der Waals surface area contributed by atoms with E-state index >= 15 is 0 Å². The lowest BCUT2D eigenvalue weighted by Gasteiger charge is -2.30. The first-order valence-electron chi connectivity index (χ1n) is 6.68. The molecule has 5 atom stereocenters. The summed E-state index contributed by atoms with van der Waals surface area (Å²) in [6.07, 6.45) is 3.58. The Hall–Kier alpha value is -1.44. The van der Waals surface area contributed by atoms with Crippen LogP contribution in [0, 0.1) is 5.92 Å². The molecule has 2 saturated heterocycles. The monoisotopic (exact) mass is 283 g/mol. The second-order valence-corrected chi connectivity index (χ2v) is 5.45. The smallest absolute Gasteiger partial charge is 0.323 e. The number of rotatable bonds is 3. The van der Waals surface area contributed by atoms with E-state index in [9.17, 15) is 14.7 Å². The molecule has 0 radical (unpaired) electrons. The molecule has 0 saturated carbocycles. The number of carboxylic acids is 2. The van der Waals surface area contributed by atoms with Gasteiger partial charge in [-0.3, -0.25) is 9.59 Å². The van der Waals surface area contributed by atoms with E-state index in [0.717, 1.165) is 6.42 Å². The van der Waals surface area contributed by atoms with Crippen LogP contribution in [-0.4, -0.2) is 59.2 Å². The maximum atomic E-state index is 11.4. The largest absolute Gasteiger partial charge is 0.481 e. The van der Waals surface area contributed by atoms with Gasteiger partial charge in [0.2, 0.25) is 0 Å². The number of ether oxygens (including phenoxy) is 2. The summed E-state index contributed by atoms with van der Waals surface area (Å²) in [5.41, 5.74) is -1.24. The summed E-state index contributed by atoms with van der Waals surface area (Å²) < 4.78 is 11.7. The number of carbonyl (C=O) groups is 2. The minimum absolute atomic E-state index is 0.271. The summed E-state index contributed by atoms with van der Waals surface area (Å²) in [7, 11) is 0. The molecule has 3 heterocycles. The lowest BCUT2D eigenvalue weighted by molar-refractivity contribution is -0.155. The molecule has 7 heteroatoms. The van der Waals surface area contributed by atoms with Crippen LogP contribution in [0.3, 0.4) is 0 Å². The zero-order chi connectivity index (χ0) is 14.3. The van der Waals surface area contributed by atoms with Crippen LogP contribution in [0.15, 0.2) is 12.2 Å². The Morgan fingerprint density at radius 3 is 2.90 bits per heavy atom. The molecule has 20 heavy (non-hydrogen) atoms. The summed E-state index contributed by atoms with van der Waals surface area (Å²) in [5.74, 6) is -2.42. The fraction of sp³-hybridized carbons (Fsp3) is 0.692. The standard InChI is InChI=1S/C13H17NO6/c15-9(16)5-13-7(6-14-11(13)12(17)18)10-8(20-13)3-1-2-4-19-10/h1,3,7-8,10-11,14H,2,4-6H2,(H,15,16)(H,17,18)/t7-,8-,10-,11-,13+/m1/s1. The highest BCUT2D eigenvalue weighted by atomic mass is 16.6. The third kappa shape index (κ3) is 1.93. The number of fused-ring (bicyclic) bond motifs is 3. The number of aliphatic carboxylic acids is 2. The first-order valence-corrected chi connectivity index (χ1v) is 6.68. The molecule has 7 nitrogen and oxygen atoms in total. The van der Waals surface area contributed by atoms with Crippen molar-refractivity contribution in [1.29, 1.82) is 0 Å². The van der Waals surface area contributed by atoms with Gasteiger partial charge in [0.25, 0.3) is 0 Å². The Balaban J connectivity index is 1.97. The Labute approximate surface area is 115 Å². The van der Waals surface area contributed by atoms with Gasteiger partial charge in [-0.2, -0.15) is 0 Å². The SMILES string of the molecule is O=C(O)C[C@]12O[C@@H]3C=CCCO[C@@H]3[C@H]1CN[C@@H]2C(=O)O. The zero-order valence-electron chi connectivity index (χ0n) is 10.8. The van der Waals surface area contributed by atoms with E-state index in [1.807, 2.05) is 12.2 Å². The van der Waals surface area contributed by atoms with E-state index in [0.29, 0.717) is 13.2 Å². The Morgan fingerprint density at radius 2 is 2.20 bits per heavy atom. The van der Waals surface area contributed by atoms with Gasteiger partial charge in [0, 0.05) is 12.5 Å². The van der Waals surface area contributed by atoms with Crippen molar-refractivity contribution < 1.29 is 29.3 Å². The van der Waals surface area contributed by atoms with Crippen LogP contribution in [0.5, 0.6) is 0 Å². The van der Waals surface area contributed by atoms with Crippen molar-refractivity contribution in [1.82, 2.24) is 5.32 Å². The van der Waals surface area contributed by atoms with Crippen molar-refractivity contribution >= 4 is 11.9 Å². The molecule has 3 aliphatic rings. The Bertz CT molecular complexity index is 464. The lowest BCUT2D eigenvalue weighted by atomic mass is 9.81. The minimum atomic E-state index is -1.24. The normalized spacial score (nSPS) is 42.8. The van der Waals surface area contributed by atoms with Crippen LogP contribution in [0.4, 0.5) is 0 Å². The fourth-order valence-electron chi connectivity index (χ4n) is 3.57. The van der Waals surface area contributed by atoms with E-state index in [-0.39, 0.29) is 24.5 Å². The van der Waals surface area contributed by atoms with Gasteiger partial charge in [0.1, 0.15) is 17.7 Å². The lowest BCUT2D eigenvalue weighted by Crippen LogP contribution is -2.52. The molecule has 2 fully saturated rings. The minimum Gasteiger partial charge on any atom is -0.481 e. The zero-order valence-corrected chi connectivity index (χ0v) is 10.8. The second-order valence-electron chi connectivity index (χ2n) is 5.45. The van der Waals surface area contributed by atoms with Gasteiger partial charge >= 0.3 is 11.9 Å². The molecular weight excluding hydrogens is 266 g/mol. The number of nitrogens with one attached hydrogen (secondary N) is 1. The van der Waals surface area contributed by atoms with Gasteiger partial charge in [0.05, 0.1) is 19.1 Å². The summed E-state index contributed by atoms with van der Waals surface area (Å²) in [6.45, 7) is 0.928. The van der Waals surface area contributed by atoms with Crippen LogP contribution in [-0.2, 0) is 19.1 Å². The van der Waals surface area contributed by atoms with Crippen molar-refractivity contribution in [3.63, 3.8) is 0 Å². The van der Waals surface area contributed by atoms with Crippen molar-refractivity contribution in [2.24, 2.45) is 5.92 Å². The van der Waals surface area contributed by atoms with Gasteiger partial charge in [-0.25, -0.2) is 0 Å². The number of hydrogen-bond donors (Lipinski definition) is 3. The molecule has 0 bridgehead atoms. The molecule has 0 spiro atoms. The Kier molecular flexibility index (Phi) is 3.27. The maximum absolute atomic E-state index is 11.4. The van der Waals surface area contributed by atoms with Gasteiger partial charge in [-0.15, -0.1) is 0 Å². The van der Waals surface area contributed by atoms with E-state index < -0.39 is 23.6 Å². The van der Waals surface area contributed by atoms with Crippen LogP contribution < -0.4 is 5.32 Å². The van der Waals surface area contributed by atoms with Crippen molar-refractivity contribution in [2.75, 3.05) is 13.2 Å². The van der Waals surface area contributed by atoms with E-state index in [1.165, 1.54) is 0 Å². The van der Waals surface area contributed by atoms with Crippen LogP contribution in [0.1, 0.15) is 12.8 Å². The molecule has 3 aliphatic heterocycles. The predicted octanol–water partition coefficient (Wildman–Crippen LogP) is -0.384. The van der Waals surface area contributed by atoms with E-state index in [4.69, 9.17) is 14.6 Å². The molecule has 0 aliphatic carbocycles.